The molecule has 0 radical (unpaired) electrons. The van der Waals surface area contributed by atoms with Gasteiger partial charge in [0.05, 0.1) is 0 Å². The number of nitrogens with two attached hydrogens (primary N) is 2. The summed E-state index contributed by atoms with van der Waals surface area (Å²) in [5.74, 6) is -0.601. The van der Waals surface area contributed by atoms with Crippen LogP contribution in [0, 0.1) is 0 Å². The van der Waals surface area contributed by atoms with Crippen LogP contribution in [0.5, 0.6) is 0 Å². The van der Waals surface area contributed by atoms with Gasteiger partial charge in [0, 0.05) is 49.9 Å². The van der Waals surface area contributed by atoms with Crippen molar-refractivity contribution in [2.24, 2.45) is 11.5 Å². The second-order valence-electron chi connectivity index (χ2n) is 7.14. The maximum Gasteiger partial charge on any atom is 0.270 e. The van der Waals surface area contributed by atoms with Gasteiger partial charge in [0.15, 0.2) is 0 Å². The van der Waals surface area contributed by atoms with Gasteiger partial charge in [-0.25, -0.2) is 0 Å². The monoisotopic (exact) mass is 412 g/mol. The summed E-state index contributed by atoms with van der Waals surface area (Å²) in [5.41, 5.74) is 13.7. The zero-order valence-electron chi connectivity index (χ0n) is 17.5. The van der Waals surface area contributed by atoms with E-state index in [1.54, 1.807) is 56.5 Å². The second kappa shape index (κ2) is 10.2. The van der Waals surface area contributed by atoms with E-state index >= 15 is 0 Å². The van der Waals surface area contributed by atoms with Crippen LogP contribution < -0.4 is 16.8 Å². The molecule has 1 atom stereocenters. The highest BCUT2D eigenvalue weighted by atomic mass is 16.2. The number of hydrogen-bond acceptors (Lipinski definition) is 7. The third-order valence-corrected chi connectivity index (χ3v) is 4.74. The Balaban J connectivity index is 2.15. The van der Waals surface area contributed by atoms with Crippen LogP contribution in [-0.2, 0) is 14.4 Å². The summed E-state index contributed by atoms with van der Waals surface area (Å²) in [4.78, 5) is 43.8. The van der Waals surface area contributed by atoms with Gasteiger partial charge in [-0.1, -0.05) is 0 Å². The maximum atomic E-state index is 12.7. The van der Waals surface area contributed by atoms with Crippen LogP contribution in [0.15, 0.2) is 53.8 Å². The fourth-order valence-electron chi connectivity index (χ4n) is 3.07. The lowest BCUT2D eigenvalue weighted by molar-refractivity contribution is -0.129. The highest BCUT2D eigenvalue weighted by molar-refractivity contribution is 5.99. The lowest BCUT2D eigenvalue weighted by Crippen LogP contribution is -2.50. The van der Waals surface area contributed by atoms with E-state index < -0.39 is 11.9 Å². The summed E-state index contributed by atoms with van der Waals surface area (Å²) in [7, 11) is 3.21. The van der Waals surface area contributed by atoms with Crippen molar-refractivity contribution in [3.63, 3.8) is 0 Å². The summed E-state index contributed by atoms with van der Waals surface area (Å²) in [6, 6.07) is 2.87. The summed E-state index contributed by atoms with van der Waals surface area (Å²) < 4.78 is 0. The third-order valence-electron chi connectivity index (χ3n) is 4.74. The molecule has 0 fully saturated rings. The van der Waals surface area contributed by atoms with E-state index in [0.717, 1.165) is 5.56 Å². The fraction of sp³-hybridized carbons (Fsp3) is 0.333. The Bertz CT molecular complexity index is 889. The average molecular weight is 412 g/mol. The molecule has 2 heterocycles. The molecule has 1 aromatic heterocycles. The van der Waals surface area contributed by atoms with E-state index in [4.69, 9.17) is 11.5 Å². The average Bonchev–Trinajstić information content (AvgIpc) is 2.76. The molecule has 9 nitrogen and oxygen atoms in total. The minimum atomic E-state index is -0.703. The molecule has 2 amide bonds. The first-order valence-electron chi connectivity index (χ1n) is 9.57. The number of allylic oxidation sites excluding steroid dienone is 3. The Morgan fingerprint density at radius 1 is 1.30 bits per heavy atom. The van der Waals surface area contributed by atoms with Crippen molar-refractivity contribution in [1.82, 2.24) is 20.1 Å². The summed E-state index contributed by atoms with van der Waals surface area (Å²) >= 11 is 0. The van der Waals surface area contributed by atoms with Crippen molar-refractivity contribution in [2.75, 3.05) is 20.6 Å². The van der Waals surface area contributed by atoms with E-state index in [-0.39, 0.29) is 17.4 Å². The lowest BCUT2D eigenvalue weighted by Gasteiger charge is -2.36. The highest BCUT2D eigenvalue weighted by Crippen LogP contribution is 2.24. The van der Waals surface area contributed by atoms with Gasteiger partial charge in [-0.3, -0.25) is 19.4 Å². The fourth-order valence-corrected chi connectivity index (χ4v) is 3.07. The number of nitrogens with one attached hydrogen (secondary N) is 1. The molecule has 160 valence electrons. The van der Waals surface area contributed by atoms with E-state index in [1.165, 1.54) is 11.0 Å². The van der Waals surface area contributed by atoms with Crippen LogP contribution in [-0.4, -0.2) is 59.6 Å². The van der Waals surface area contributed by atoms with Gasteiger partial charge in [-0.15, -0.1) is 0 Å². The molecule has 9 heteroatoms. The van der Waals surface area contributed by atoms with Crippen LogP contribution in [0.4, 0.5) is 0 Å². The van der Waals surface area contributed by atoms with Crippen molar-refractivity contribution >= 4 is 23.8 Å². The normalized spacial score (nSPS) is 16.2. The molecule has 0 aromatic carbocycles. The van der Waals surface area contributed by atoms with Gasteiger partial charge in [0.25, 0.3) is 5.91 Å². The van der Waals surface area contributed by atoms with Gasteiger partial charge < -0.3 is 26.6 Å². The Hall–Kier alpha value is -3.62. The quantitative estimate of drug-likeness (QED) is 0.434. The number of carbonyl (C=O) groups excluding carboxylic acids is 3. The largest absolute Gasteiger partial charge is 0.398 e. The molecule has 0 spiro atoms. The minimum absolute atomic E-state index is 0.107. The van der Waals surface area contributed by atoms with Gasteiger partial charge in [0.2, 0.25) is 5.91 Å². The van der Waals surface area contributed by atoms with E-state index in [0.29, 0.717) is 36.9 Å². The highest BCUT2D eigenvalue weighted by Gasteiger charge is 2.32. The number of aldehydes is 1. The van der Waals surface area contributed by atoms with Crippen molar-refractivity contribution in [3.05, 3.63) is 59.3 Å². The molecule has 1 aliphatic heterocycles. The first-order valence-corrected chi connectivity index (χ1v) is 9.57. The molecule has 0 saturated carbocycles. The number of rotatable bonds is 7. The molecular weight excluding hydrogens is 384 g/mol. The molecule has 0 saturated heterocycles. The molecular formula is C21H28N6O3. The summed E-state index contributed by atoms with van der Waals surface area (Å²) in [6.07, 6.45) is 8.19. The topological polar surface area (TPSA) is 135 Å². The van der Waals surface area contributed by atoms with Gasteiger partial charge in [-0.2, -0.15) is 0 Å². The maximum absolute atomic E-state index is 12.7. The number of amides is 2. The summed E-state index contributed by atoms with van der Waals surface area (Å²) in [5, 5.41) is 2.61. The Kier molecular flexibility index (Phi) is 7.74. The SMILES string of the molecule is CC(C(=O)N/C(N)=C/C=C(\N)c1cccnc1)N1CCCC(C=O)=C1C(=O)N(C)C. The number of hydrogen-bond donors (Lipinski definition) is 3. The predicted molar refractivity (Wildman–Crippen MR) is 114 cm³/mol. The van der Waals surface area contributed by atoms with Crippen molar-refractivity contribution < 1.29 is 14.4 Å². The molecule has 5 N–H and O–H groups in total. The number of nitrogens with zero attached hydrogens (tertiary/aromatic N) is 3. The molecule has 1 aliphatic rings. The smallest absolute Gasteiger partial charge is 0.270 e. The zero-order valence-corrected chi connectivity index (χ0v) is 17.5. The minimum Gasteiger partial charge on any atom is -0.398 e. The predicted octanol–water partition coefficient (Wildman–Crippen LogP) is 0.323. The first-order chi connectivity index (χ1) is 14.3. The van der Waals surface area contributed by atoms with Gasteiger partial charge >= 0.3 is 0 Å². The van der Waals surface area contributed by atoms with E-state index in [9.17, 15) is 14.4 Å². The van der Waals surface area contributed by atoms with Gasteiger partial charge in [-0.05, 0) is 44.1 Å². The van der Waals surface area contributed by atoms with Crippen molar-refractivity contribution in [1.29, 1.82) is 0 Å². The molecule has 2 rings (SSSR count). The van der Waals surface area contributed by atoms with E-state index in [1.807, 2.05) is 0 Å². The molecule has 30 heavy (non-hydrogen) atoms. The lowest BCUT2D eigenvalue weighted by atomic mass is 10.00. The molecule has 0 aliphatic carbocycles. The zero-order chi connectivity index (χ0) is 22.3. The second-order valence-corrected chi connectivity index (χ2v) is 7.14. The van der Waals surface area contributed by atoms with Crippen LogP contribution in [0.2, 0.25) is 0 Å². The summed E-state index contributed by atoms with van der Waals surface area (Å²) in [6.45, 7) is 2.15. The third kappa shape index (κ3) is 5.47. The number of pyridine rings is 1. The van der Waals surface area contributed by atoms with Gasteiger partial charge in [0.1, 0.15) is 23.8 Å². The van der Waals surface area contributed by atoms with E-state index in [2.05, 4.69) is 10.3 Å². The Labute approximate surface area is 176 Å². The molecule has 1 unspecified atom stereocenters. The first kappa shape index (κ1) is 22.7. The molecule has 1 aromatic rings. The number of likely N-dealkylation sites (N-methyl/N-ethyl adjacent to an activating group) is 1. The number of carbonyl (C=O) groups is 3. The van der Waals surface area contributed by atoms with Crippen molar-refractivity contribution in [2.45, 2.75) is 25.8 Å². The van der Waals surface area contributed by atoms with Crippen molar-refractivity contribution in [3.8, 4) is 0 Å². The number of aromatic nitrogens is 1. The van der Waals surface area contributed by atoms with Crippen LogP contribution in [0.25, 0.3) is 5.70 Å². The van der Waals surface area contributed by atoms with Crippen LogP contribution >= 0.6 is 0 Å². The van der Waals surface area contributed by atoms with Crippen LogP contribution in [0.1, 0.15) is 25.3 Å². The molecule has 0 bridgehead atoms. The Morgan fingerprint density at radius 3 is 2.63 bits per heavy atom. The standard InChI is InChI=1S/C21H28N6O3/c1-14(27-11-5-7-16(13-28)19(27)21(30)26(2)3)20(29)25-18(23)9-8-17(22)15-6-4-10-24-12-15/h4,6,8-10,12-14H,5,7,11,22-23H2,1-3H3,(H,25,29)/b17-8-,18-9+. The Morgan fingerprint density at radius 2 is 2.03 bits per heavy atom. The van der Waals surface area contributed by atoms with Crippen LogP contribution in [0.3, 0.4) is 0 Å².